The molecule has 0 spiro atoms. The maximum atomic E-state index is 11.2. The molecule has 0 amide bonds. The van der Waals surface area contributed by atoms with Gasteiger partial charge in [-0.15, -0.1) is 0 Å². The van der Waals surface area contributed by atoms with Crippen LogP contribution in [0.5, 0.6) is 0 Å². The number of rotatable bonds is 1. The zero-order chi connectivity index (χ0) is 12.4. The molecule has 3 aliphatic rings. The number of carbonyl (C=O) groups excluding carboxylic acids is 1. The second kappa shape index (κ2) is 3.23. The summed E-state index contributed by atoms with van der Waals surface area (Å²) in [6, 6.07) is 0. The van der Waals surface area contributed by atoms with Gasteiger partial charge in [0.05, 0.1) is 5.60 Å². The van der Waals surface area contributed by atoms with E-state index >= 15 is 0 Å². The van der Waals surface area contributed by atoms with Crippen molar-refractivity contribution >= 4 is 6.29 Å². The molecule has 0 aliphatic heterocycles. The lowest BCUT2D eigenvalue weighted by Crippen LogP contribution is -2.37. The fourth-order valence-electron chi connectivity index (χ4n) is 5.10. The smallest absolute Gasteiger partial charge is 0.145 e. The summed E-state index contributed by atoms with van der Waals surface area (Å²) in [5, 5.41) is 11.0. The molecular weight excluding hydrogens is 212 g/mol. The number of aliphatic hydroxyl groups is 1. The van der Waals surface area contributed by atoms with Crippen molar-refractivity contribution in [2.75, 3.05) is 0 Å². The van der Waals surface area contributed by atoms with E-state index in [9.17, 15) is 9.90 Å². The Hall–Kier alpha value is -0.630. The summed E-state index contributed by atoms with van der Waals surface area (Å²) in [5.41, 5.74) is 1.91. The molecule has 94 valence electrons. The Labute approximate surface area is 103 Å². The van der Waals surface area contributed by atoms with Crippen molar-refractivity contribution in [2.24, 2.45) is 23.2 Å². The monoisotopic (exact) mass is 234 g/mol. The molecule has 2 heteroatoms. The second-order valence-electron chi connectivity index (χ2n) is 7.06. The van der Waals surface area contributed by atoms with Gasteiger partial charge in [0.2, 0.25) is 0 Å². The van der Waals surface area contributed by atoms with E-state index in [0.717, 1.165) is 37.5 Å². The fraction of sp³-hybridized carbons (Fsp3) is 0.800. The number of carbonyl (C=O) groups is 1. The molecule has 17 heavy (non-hydrogen) atoms. The minimum absolute atomic E-state index is 0.136. The molecule has 0 aromatic rings. The molecule has 0 bridgehead atoms. The Morgan fingerprint density at radius 1 is 1.35 bits per heavy atom. The average molecular weight is 234 g/mol. The molecular formula is C15H22O2. The minimum atomic E-state index is -0.543. The maximum Gasteiger partial charge on any atom is 0.145 e. The van der Waals surface area contributed by atoms with Crippen LogP contribution in [0.1, 0.15) is 46.5 Å². The predicted octanol–water partition coefficient (Wildman–Crippen LogP) is 2.71. The standard InChI is InChI=1S/C15H22O2/c1-9-6-14(2,3)13-12-10(7-15(9,13)17)4-5-11(12)8-16/h8-10,13,17H,4-7H2,1-3H3/t9-,10-,13-,15-/m0/s1. The quantitative estimate of drug-likeness (QED) is 0.708. The predicted molar refractivity (Wildman–Crippen MR) is 66.4 cm³/mol. The first-order chi connectivity index (χ1) is 7.90. The lowest BCUT2D eigenvalue weighted by atomic mass is 9.75. The first-order valence-electron chi connectivity index (χ1n) is 6.80. The van der Waals surface area contributed by atoms with Crippen molar-refractivity contribution in [3.05, 3.63) is 11.1 Å². The normalized spacial score (nSPS) is 47.2. The van der Waals surface area contributed by atoms with Gasteiger partial charge >= 0.3 is 0 Å². The Kier molecular flexibility index (Phi) is 2.17. The highest BCUT2D eigenvalue weighted by atomic mass is 16.3. The lowest BCUT2D eigenvalue weighted by Gasteiger charge is -2.33. The van der Waals surface area contributed by atoms with Gasteiger partial charge in [0.25, 0.3) is 0 Å². The van der Waals surface area contributed by atoms with Gasteiger partial charge in [-0.2, -0.15) is 0 Å². The summed E-state index contributed by atoms with van der Waals surface area (Å²) in [7, 11) is 0. The van der Waals surface area contributed by atoms with Crippen LogP contribution in [0.15, 0.2) is 11.1 Å². The van der Waals surface area contributed by atoms with Gasteiger partial charge in [0.1, 0.15) is 6.29 Å². The van der Waals surface area contributed by atoms with Crippen LogP contribution >= 0.6 is 0 Å². The molecule has 3 aliphatic carbocycles. The Bertz CT molecular complexity index is 407. The summed E-state index contributed by atoms with van der Waals surface area (Å²) in [6.45, 7) is 6.68. The highest BCUT2D eigenvalue weighted by Gasteiger charge is 2.63. The van der Waals surface area contributed by atoms with E-state index in [1.54, 1.807) is 0 Å². The topological polar surface area (TPSA) is 37.3 Å². The molecule has 0 aromatic heterocycles. The maximum absolute atomic E-state index is 11.2. The molecule has 0 unspecified atom stereocenters. The van der Waals surface area contributed by atoms with Gasteiger partial charge in [0, 0.05) is 5.92 Å². The van der Waals surface area contributed by atoms with Crippen molar-refractivity contribution in [3.8, 4) is 0 Å². The second-order valence-corrected chi connectivity index (χ2v) is 7.06. The van der Waals surface area contributed by atoms with Crippen LogP contribution in [0, 0.1) is 23.2 Å². The zero-order valence-corrected chi connectivity index (χ0v) is 11.0. The van der Waals surface area contributed by atoms with Gasteiger partial charge in [-0.1, -0.05) is 26.3 Å². The summed E-state index contributed by atoms with van der Waals surface area (Å²) in [4.78, 5) is 11.2. The summed E-state index contributed by atoms with van der Waals surface area (Å²) >= 11 is 0. The van der Waals surface area contributed by atoms with Crippen LogP contribution in [-0.4, -0.2) is 17.0 Å². The molecule has 0 heterocycles. The summed E-state index contributed by atoms with van der Waals surface area (Å²) < 4.78 is 0. The third-order valence-electron chi connectivity index (χ3n) is 5.57. The van der Waals surface area contributed by atoms with Gasteiger partial charge in [-0.3, -0.25) is 4.79 Å². The van der Waals surface area contributed by atoms with E-state index in [2.05, 4.69) is 20.8 Å². The minimum Gasteiger partial charge on any atom is -0.389 e. The first kappa shape index (κ1) is 11.5. The molecule has 3 rings (SSSR count). The van der Waals surface area contributed by atoms with E-state index in [1.165, 1.54) is 5.57 Å². The average Bonchev–Trinajstić information content (AvgIpc) is 2.76. The van der Waals surface area contributed by atoms with Crippen LogP contribution in [0.2, 0.25) is 0 Å². The first-order valence-corrected chi connectivity index (χ1v) is 6.80. The SMILES string of the molecule is C[C@H]1CC(C)(C)[C@@H]2C3=C(C=O)CC[C@H]3C[C@]12O. The highest BCUT2D eigenvalue weighted by Crippen LogP contribution is 2.65. The Morgan fingerprint density at radius 3 is 2.71 bits per heavy atom. The molecule has 1 N–H and O–H groups in total. The van der Waals surface area contributed by atoms with Crippen LogP contribution in [0.3, 0.4) is 0 Å². The Morgan fingerprint density at radius 2 is 2.06 bits per heavy atom. The number of allylic oxidation sites excluding steroid dienone is 1. The summed E-state index contributed by atoms with van der Waals surface area (Å²) in [6.07, 6.45) is 5.00. The van der Waals surface area contributed by atoms with E-state index in [1.807, 2.05) is 0 Å². The Balaban J connectivity index is 2.14. The molecule has 2 saturated carbocycles. The van der Waals surface area contributed by atoms with E-state index in [-0.39, 0.29) is 11.3 Å². The van der Waals surface area contributed by atoms with Crippen LogP contribution in [0.25, 0.3) is 0 Å². The third-order valence-corrected chi connectivity index (χ3v) is 5.57. The highest BCUT2D eigenvalue weighted by molar-refractivity contribution is 5.76. The largest absolute Gasteiger partial charge is 0.389 e. The molecule has 0 aromatic carbocycles. The van der Waals surface area contributed by atoms with Crippen LogP contribution in [-0.2, 0) is 4.79 Å². The number of hydrogen-bond acceptors (Lipinski definition) is 2. The molecule has 2 nitrogen and oxygen atoms in total. The van der Waals surface area contributed by atoms with E-state index < -0.39 is 5.60 Å². The van der Waals surface area contributed by atoms with Gasteiger partial charge in [-0.05, 0) is 48.5 Å². The van der Waals surface area contributed by atoms with Crippen molar-refractivity contribution < 1.29 is 9.90 Å². The number of hydrogen-bond donors (Lipinski definition) is 1. The van der Waals surface area contributed by atoms with Gasteiger partial charge in [-0.25, -0.2) is 0 Å². The molecule has 4 atom stereocenters. The lowest BCUT2D eigenvalue weighted by molar-refractivity contribution is -0.105. The molecule has 0 radical (unpaired) electrons. The summed E-state index contributed by atoms with van der Waals surface area (Å²) in [5.74, 6) is 1.05. The van der Waals surface area contributed by atoms with Crippen molar-refractivity contribution in [2.45, 2.75) is 52.1 Å². The van der Waals surface area contributed by atoms with E-state index in [0.29, 0.717) is 11.8 Å². The molecule has 2 fully saturated rings. The van der Waals surface area contributed by atoms with E-state index in [4.69, 9.17) is 0 Å². The zero-order valence-electron chi connectivity index (χ0n) is 11.0. The van der Waals surface area contributed by atoms with Gasteiger partial charge < -0.3 is 5.11 Å². The van der Waals surface area contributed by atoms with Crippen molar-refractivity contribution in [1.29, 1.82) is 0 Å². The fourth-order valence-corrected chi connectivity index (χ4v) is 5.10. The van der Waals surface area contributed by atoms with Crippen molar-refractivity contribution in [1.82, 2.24) is 0 Å². The van der Waals surface area contributed by atoms with Crippen LogP contribution < -0.4 is 0 Å². The number of fused-ring (bicyclic) bond motifs is 3. The van der Waals surface area contributed by atoms with Gasteiger partial charge in [0.15, 0.2) is 0 Å². The van der Waals surface area contributed by atoms with Crippen molar-refractivity contribution in [3.63, 3.8) is 0 Å². The molecule has 0 saturated heterocycles. The van der Waals surface area contributed by atoms with Crippen LogP contribution in [0.4, 0.5) is 0 Å². The number of aldehydes is 1. The third kappa shape index (κ3) is 1.28.